The zero-order valence-corrected chi connectivity index (χ0v) is 12.6. The zero-order valence-electron chi connectivity index (χ0n) is 5.74. The van der Waals surface area contributed by atoms with E-state index < -0.39 is 7.82 Å². The van der Waals surface area contributed by atoms with Crippen LogP contribution in [0.1, 0.15) is 2.85 Å². The van der Waals surface area contributed by atoms with Crippen LogP contribution >= 0.6 is 7.82 Å². The summed E-state index contributed by atoms with van der Waals surface area (Å²) in [6.45, 7) is 0. The summed E-state index contributed by atoms with van der Waals surface area (Å²) in [7, 11) is -4.64. The summed E-state index contributed by atoms with van der Waals surface area (Å²) in [5, 5.41) is 0. The second-order valence-electron chi connectivity index (χ2n) is 0.513. The first kappa shape index (κ1) is 22.5. The summed E-state index contributed by atoms with van der Waals surface area (Å²) in [6, 6.07) is 0. The molecule has 1 radical (unpaired) electrons. The number of hydrogen-bond donors (Lipinski definition) is 3. The Balaban J connectivity index is -0.00000000800. The van der Waals surface area contributed by atoms with E-state index in [9.17, 15) is 0 Å². The third-order valence-corrected chi connectivity index (χ3v) is 0. The second-order valence-corrected chi connectivity index (χ2v) is 1.54. The van der Waals surface area contributed by atoms with Gasteiger partial charge in [-0.1, -0.05) is 0 Å². The van der Waals surface area contributed by atoms with Crippen molar-refractivity contribution in [1.29, 1.82) is 0 Å². The van der Waals surface area contributed by atoms with Crippen molar-refractivity contribution in [3.05, 3.63) is 0 Å². The van der Waals surface area contributed by atoms with Crippen molar-refractivity contribution < 1.29 is 65.1 Å². The van der Waals surface area contributed by atoms with E-state index in [0.29, 0.717) is 0 Å². The number of phosphoric acid groups is 1. The zero-order chi connectivity index (χ0) is 4.50. The van der Waals surface area contributed by atoms with Gasteiger partial charge in [-0.3, -0.25) is 0 Å². The first-order valence-corrected chi connectivity index (χ1v) is 2.35. The molecule has 0 amide bonds. The van der Waals surface area contributed by atoms with Crippen LogP contribution in [0.25, 0.3) is 0 Å². The largest absolute Gasteiger partial charge is 2.00 e. The van der Waals surface area contributed by atoms with Crippen molar-refractivity contribution in [3.63, 3.8) is 0 Å². The normalized spacial score (nSPS) is 7.38. The molecule has 0 saturated carbocycles. The van der Waals surface area contributed by atoms with E-state index >= 15 is 0 Å². The maximum absolute atomic E-state index is 8.88. The van der Waals surface area contributed by atoms with E-state index in [0.717, 1.165) is 0 Å². The molecule has 0 bridgehead atoms. The summed E-state index contributed by atoms with van der Waals surface area (Å²) in [6.07, 6.45) is 0. The Morgan fingerprint density at radius 3 is 1.25 bits per heavy atom. The maximum Gasteiger partial charge on any atom is 2.00 e. The second kappa shape index (κ2) is 10.1. The molecule has 0 saturated heterocycles. The molecule has 0 aromatic carbocycles. The minimum Gasteiger partial charge on any atom is -1.00 e. The van der Waals surface area contributed by atoms with Crippen LogP contribution < -0.4 is 0 Å². The molecule has 0 aromatic rings. The van der Waals surface area contributed by atoms with Crippen molar-refractivity contribution in [2.75, 3.05) is 0 Å². The van der Waals surface area contributed by atoms with Crippen molar-refractivity contribution in [1.82, 2.24) is 0 Å². The monoisotopic (exact) mass is 387 g/mol. The summed E-state index contributed by atoms with van der Waals surface area (Å²) < 4.78 is 8.88. The first-order valence-electron chi connectivity index (χ1n) is 0.783. The topological polar surface area (TPSA) is 77.8 Å². The smallest absolute Gasteiger partial charge is 1.00 e. The van der Waals surface area contributed by atoms with Crippen LogP contribution in [0.5, 0.6) is 0 Å². The molecular weight excluding hydrogens is 382 g/mol. The van der Waals surface area contributed by atoms with Gasteiger partial charge in [0.05, 0.1) is 0 Å². The van der Waals surface area contributed by atoms with Gasteiger partial charge in [-0.15, -0.1) is 0 Å². The van der Waals surface area contributed by atoms with Crippen LogP contribution in [0.4, 0.5) is 0 Å². The van der Waals surface area contributed by atoms with E-state index in [1.165, 1.54) is 0 Å². The molecule has 3 N–H and O–H groups in total. The summed E-state index contributed by atoms with van der Waals surface area (Å²) in [5.74, 6) is 0. The fraction of sp³-hybridized carbons (Fsp3) is 0. The van der Waals surface area contributed by atoms with Crippen LogP contribution in [0, 0.1) is 0 Å². The van der Waals surface area contributed by atoms with Gasteiger partial charge in [0.2, 0.25) is 0 Å². The standard InChI is InChI=1S/Ba.Co.H3O4P.Zr.2H/c;;1-5(2,3)4;;;/h;;(H3,1,2,3,4);;;/q+2;;;;2*-1. The molecule has 0 aromatic heterocycles. The average Bonchev–Trinajstić information content (AvgIpc) is 0.722. The Kier molecular flexibility index (Phi) is 28.3. The third-order valence-electron chi connectivity index (χ3n) is 0. The minimum absolute atomic E-state index is 0. The van der Waals surface area contributed by atoms with Gasteiger partial charge in [0, 0.05) is 43.0 Å². The van der Waals surface area contributed by atoms with Gasteiger partial charge in [0.1, 0.15) is 0 Å². The predicted octanol–water partition coefficient (Wildman–Crippen LogP) is -1.09. The molecule has 0 heterocycles. The van der Waals surface area contributed by atoms with Crippen LogP contribution in [-0.2, 0) is 47.5 Å². The van der Waals surface area contributed by atoms with Gasteiger partial charge in [-0.25, -0.2) is 4.57 Å². The molecule has 8 heavy (non-hydrogen) atoms. The molecule has 49 valence electrons. The summed E-state index contributed by atoms with van der Waals surface area (Å²) in [4.78, 5) is 21.6. The molecule has 0 spiro atoms. The Hall–Kier alpha value is 3.07. The van der Waals surface area contributed by atoms with Crippen molar-refractivity contribution >= 4 is 56.7 Å². The summed E-state index contributed by atoms with van der Waals surface area (Å²) >= 11 is 0. The maximum atomic E-state index is 8.88. The molecule has 0 unspecified atom stereocenters. The number of rotatable bonds is 0. The minimum atomic E-state index is -4.64. The quantitative estimate of drug-likeness (QED) is 0.365. The first-order chi connectivity index (χ1) is 2.00. The van der Waals surface area contributed by atoms with Crippen LogP contribution in [0.2, 0.25) is 0 Å². The Morgan fingerprint density at radius 2 is 1.25 bits per heavy atom. The van der Waals surface area contributed by atoms with E-state index in [2.05, 4.69) is 0 Å². The van der Waals surface area contributed by atoms with Crippen LogP contribution in [0.3, 0.4) is 0 Å². The SMILES string of the molecule is O=P(O)(O)O.[Ba+2].[Co].[H-].[H-].[Zr]. The van der Waals surface area contributed by atoms with Gasteiger partial charge in [-0.2, -0.15) is 0 Å². The molecule has 0 atom stereocenters. The van der Waals surface area contributed by atoms with Gasteiger partial charge < -0.3 is 17.5 Å². The van der Waals surface area contributed by atoms with E-state index in [1.807, 2.05) is 0 Å². The predicted molar refractivity (Wildman–Crippen MR) is 22.2 cm³/mol. The van der Waals surface area contributed by atoms with E-state index in [-0.39, 0.29) is 94.7 Å². The third kappa shape index (κ3) is 62.7. The van der Waals surface area contributed by atoms with Crippen molar-refractivity contribution in [3.8, 4) is 0 Å². The van der Waals surface area contributed by atoms with Gasteiger partial charge in [0.15, 0.2) is 0 Å². The molecular formula is H5BaCoO4PZr. The molecule has 0 aliphatic heterocycles. The molecule has 4 nitrogen and oxygen atoms in total. The summed E-state index contributed by atoms with van der Waals surface area (Å²) in [5.41, 5.74) is 0. The van der Waals surface area contributed by atoms with Gasteiger partial charge >= 0.3 is 56.7 Å². The van der Waals surface area contributed by atoms with Crippen LogP contribution in [0.15, 0.2) is 0 Å². The fourth-order valence-electron chi connectivity index (χ4n) is 0. The number of hydrogen-bond acceptors (Lipinski definition) is 1. The van der Waals surface area contributed by atoms with Gasteiger partial charge in [-0.05, 0) is 0 Å². The Morgan fingerprint density at radius 1 is 1.25 bits per heavy atom. The van der Waals surface area contributed by atoms with Crippen LogP contribution in [-0.4, -0.2) is 63.6 Å². The average molecular weight is 387 g/mol. The van der Waals surface area contributed by atoms with Gasteiger partial charge in [0.25, 0.3) is 0 Å². The van der Waals surface area contributed by atoms with Crippen molar-refractivity contribution in [2.24, 2.45) is 0 Å². The fourth-order valence-corrected chi connectivity index (χ4v) is 0. The molecule has 0 fully saturated rings. The van der Waals surface area contributed by atoms with Crippen molar-refractivity contribution in [2.45, 2.75) is 0 Å². The van der Waals surface area contributed by atoms with E-state index in [1.54, 1.807) is 0 Å². The molecule has 0 aliphatic rings. The molecule has 8 heteroatoms. The molecule has 0 rings (SSSR count). The Bertz CT molecular complexity index is 69.4. The Labute approximate surface area is 119 Å². The molecule has 0 aliphatic carbocycles. The van der Waals surface area contributed by atoms with E-state index in [4.69, 9.17) is 19.2 Å².